The molecule has 1 fully saturated rings. The zero-order valence-electron chi connectivity index (χ0n) is 13.1. The lowest BCUT2D eigenvalue weighted by Gasteiger charge is -2.33. The Labute approximate surface area is 129 Å². The summed E-state index contributed by atoms with van der Waals surface area (Å²) in [6, 6.07) is 5.64. The zero-order chi connectivity index (χ0) is 15.7. The lowest BCUT2D eigenvalue weighted by Crippen LogP contribution is -2.42. The Morgan fingerprint density at radius 1 is 1.32 bits per heavy atom. The molecule has 6 heteroatoms. The third-order valence-electron chi connectivity index (χ3n) is 4.70. The number of carbonyl (C=O) groups excluding carboxylic acids is 1. The summed E-state index contributed by atoms with van der Waals surface area (Å²) >= 11 is 0. The molecule has 1 aliphatic rings. The molecule has 0 radical (unpaired) electrons. The molecule has 2 aromatic rings. The summed E-state index contributed by atoms with van der Waals surface area (Å²) in [5, 5.41) is 4.21. The molecule has 0 saturated heterocycles. The fourth-order valence-electron chi connectivity index (χ4n) is 3.14. The van der Waals surface area contributed by atoms with E-state index in [4.69, 9.17) is 0 Å². The molecule has 0 bridgehead atoms. The highest BCUT2D eigenvalue weighted by Gasteiger charge is 2.25. The van der Waals surface area contributed by atoms with E-state index in [2.05, 4.69) is 12.0 Å². The maximum absolute atomic E-state index is 12.4. The maximum Gasteiger partial charge on any atom is 0.350 e. The Morgan fingerprint density at radius 3 is 2.73 bits per heavy atom. The lowest BCUT2D eigenvalue weighted by molar-refractivity contribution is -0.133. The van der Waals surface area contributed by atoms with Crippen LogP contribution >= 0.6 is 0 Å². The number of aromatic nitrogens is 3. The van der Waals surface area contributed by atoms with Gasteiger partial charge >= 0.3 is 5.69 Å². The second kappa shape index (κ2) is 5.94. The normalized spacial score (nSPS) is 21.9. The molecule has 1 aliphatic carbocycles. The largest absolute Gasteiger partial charge is 0.350 e. The first-order chi connectivity index (χ1) is 10.6. The third-order valence-corrected chi connectivity index (χ3v) is 4.70. The quantitative estimate of drug-likeness (QED) is 0.864. The summed E-state index contributed by atoms with van der Waals surface area (Å²) in [5.74, 6) is 0.700. The smallest absolute Gasteiger partial charge is 0.341 e. The molecule has 118 valence electrons. The van der Waals surface area contributed by atoms with Crippen LogP contribution in [0.1, 0.15) is 32.6 Å². The van der Waals surface area contributed by atoms with Gasteiger partial charge in [0.1, 0.15) is 6.54 Å². The molecule has 3 rings (SSSR count). The number of hydrogen-bond acceptors (Lipinski definition) is 3. The number of pyridine rings is 1. The highest BCUT2D eigenvalue weighted by molar-refractivity contribution is 5.76. The predicted octanol–water partition coefficient (Wildman–Crippen LogP) is 1.53. The molecule has 0 aliphatic heterocycles. The molecule has 0 atom stereocenters. The summed E-state index contributed by atoms with van der Waals surface area (Å²) in [6.45, 7) is 2.26. The summed E-state index contributed by atoms with van der Waals surface area (Å²) < 4.78 is 2.70. The van der Waals surface area contributed by atoms with Crippen molar-refractivity contribution in [1.29, 1.82) is 0 Å². The first kappa shape index (κ1) is 14.8. The van der Waals surface area contributed by atoms with Crippen LogP contribution in [0.3, 0.4) is 0 Å². The fraction of sp³-hybridized carbons (Fsp3) is 0.562. The van der Waals surface area contributed by atoms with Crippen molar-refractivity contribution in [3.8, 4) is 0 Å². The Bertz CT molecular complexity index is 725. The van der Waals surface area contributed by atoms with E-state index >= 15 is 0 Å². The molecule has 22 heavy (non-hydrogen) atoms. The first-order valence-corrected chi connectivity index (χ1v) is 7.86. The van der Waals surface area contributed by atoms with E-state index in [-0.39, 0.29) is 24.2 Å². The van der Waals surface area contributed by atoms with Crippen molar-refractivity contribution in [3.63, 3.8) is 0 Å². The van der Waals surface area contributed by atoms with Crippen LogP contribution in [0.2, 0.25) is 0 Å². The van der Waals surface area contributed by atoms with Gasteiger partial charge in [0.15, 0.2) is 5.65 Å². The molecule has 0 N–H and O–H groups in total. The Morgan fingerprint density at radius 2 is 2.05 bits per heavy atom. The number of likely N-dealkylation sites (N-methyl/N-ethyl adjacent to an activating group) is 1. The number of amides is 1. The molecular weight excluding hydrogens is 280 g/mol. The Hall–Kier alpha value is -2.11. The topological polar surface area (TPSA) is 59.6 Å². The van der Waals surface area contributed by atoms with Crippen LogP contribution in [0, 0.1) is 5.92 Å². The summed E-state index contributed by atoms with van der Waals surface area (Å²) in [5.41, 5.74) is 0.295. The molecule has 2 aromatic heterocycles. The van der Waals surface area contributed by atoms with Crippen molar-refractivity contribution in [3.05, 3.63) is 34.9 Å². The van der Waals surface area contributed by atoms with E-state index in [0.717, 1.165) is 31.6 Å². The maximum atomic E-state index is 12.4. The summed E-state index contributed by atoms with van der Waals surface area (Å²) in [4.78, 5) is 26.4. The van der Waals surface area contributed by atoms with Gasteiger partial charge < -0.3 is 4.90 Å². The lowest BCUT2D eigenvalue weighted by atomic mass is 9.87. The van der Waals surface area contributed by atoms with Crippen molar-refractivity contribution in [2.24, 2.45) is 5.92 Å². The summed E-state index contributed by atoms with van der Waals surface area (Å²) in [7, 11) is 1.84. The van der Waals surface area contributed by atoms with E-state index in [9.17, 15) is 9.59 Å². The highest BCUT2D eigenvalue weighted by Crippen LogP contribution is 2.26. The minimum atomic E-state index is -0.269. The number of nitrogens with zero attached hydrogens (tertiary/aromatic N) is 4. The van der Waals surface area contributed by atoms with Gasteiger partial charge in [-0.05, 0) is 43.7 Å². The van der Waals surface area contributed by atoms with E-state index in [1.807, 2.05) is 13.1 Å². The van der Waals surface area contributed by atoms with Crippen LogP contribution in [-0.4, -0.2) is 38.1 Å². The molecule has 0 unspecified atom stereocenters. The zero-order valence-corrected chi connectivity index (χ0v) is 13.1. The van der Waals surface area contributed by atoms with Crippen LogP contribution in [-0.2, 0) is 11.3 Å². The van der Waals surface area contributed by atoms with Gasteiger partial charge in [-0.15, -0.1) is 5.10 Å². The molecule has 1 saturated carbocycles. The van der Waals surface area contributed by atoms with Gasteiger partial charge in [-0.2, -0.15) is 0 Å². The van der Waals surface area contributed by atoms with E-state index < -0.39 is 0 Å². The van der Waals surface area contributed by atoms with Crippen LogP contribution in [0.25, 0.3) is 5.65 Å². The highest BCUT2D eigenvalue weighted by atomic mass is 16.2. The van der Waals surface area contributed by atoms with Crippen LogP contribution in [0.5, 0.6) is 0 Å². The minimum absolute atomic E-state index is 0.00304. The predicted molar refractivity (Wildman–Crippen MR) is 83.6 cm³/mol. The van der Waals surface area contributed by atoms with Gasteiger partial charge in [-0.25, -0.2) is 9.48 Å². The van der Waals surface area contributed by atoms with Crippen LogP contribution in [0.4, 0.5) is 0 Å². The van der Waals surface area contributed by atoms with Crippen molar-refractivity contribution >= 4 is 11.6 Å². The second-order valence-electron chi connectivity index (χ2n) is 6.29. The van der Waals surface area contributed by atoms with Gasteiger partial charge in [0.25, 0.3) is 0 Å². The molecule has 0 aromatic carbocycles. The van der Waals surface area contributed by atoms with Crippen LogP contribution in [0.15, 0.2) is 29.2 Å². The van der Waals surface area contributed by atoms with Gasteiger partial charge in [0.05, 0.1) is 0 Å². The van der Waals surface area contributed by atoms with Gasteiger partial charge in [0.2, 0.25) is 5.91 Å². The summed E-state index contributed by atoms with van der Waals surface area (Å²) in [6.07, 6.45) is 6.08. The number of carbonyl (C=O) groups is 1. The molecule has 1 amide bonds. The molecule has 6 nitrogen and oxygen atoms in total. The van der Waals surface area contributed by atoms with E-state index in [1.54, 1.807) is 23.2 Å². The van der Waals surface area contributed by atoms with Crippen molar-refractivity contribution in [1.82, 2.24) is 19.1 Å². The Balaban J connectivity index is 1.72. The van der Waals surface area contributed by atoms with Crippen LogP contribution < -0.4 is 5.69 Å². The first-order valence-electron chi connectivity index (χ1n) is 7.86. The average Bonchev–Trinajstić information content (AvgIpc) is 2.84. The van der Waals surface area contributed by atoms with Crippen molar-refractivity contribution in [2.75, 3.05) is 7.05 Å². The van der Waals surface area contributed by atoms with Gasteiger partial charge in [-0.1, -0.05) is 13.0 Å². The molecule has 0 spiro atoms. The number of rotatable bonds is 3. The number of fused-ring (bicyclic) bond motifs is 1. The third kappa shape index (κ3) is 2.77. The monoisotopic (exact) mass is 302 g/mol. The standard InChI is InChI=1S/C16H22N4O2/c1-12-6-8-13(9-7-12)18(2)15(21)11-20-16(22)19-10-4-3-5-14(19)17-20/h3-5,10,12-13H,6-9,11H2,1-2H3. The fourth-order valence-corrected chi connectivity index (χ4v) is 3.14. The average molecular weight is 302 g/mol. The van der Waals surface area contributed by atoms with E-state index in [0.29, 0.717) is 5.65 Å². The SMILES string of the molecule is CC1CCC(N(C)C(=O)Cn2nc3ccccn3c2=O)CC1. The number of hydrogen-bond donors (Lipinski definition) is 0. The van der Waals surface area contributed by atoms with Crippen molar-refractivity contribution < 1.29 is 4.79 Å². The van der Waals surface area contributed by atoms with Gasteiger partial charge in [0, 0.05) is 19.3 Å². The molecular formula is C16H22N4O2. The van der Waals surface area contributed by atoms with Gasteiger partial charge in [-0.3, -0.25) is 9.20 Å². The molecule has 2 heterocycles. The second-order valence-corrected chi connectivity index (χ2v) is 6.29. The minimum Gasteiger partial charge on any atom is -0.341 e. The van der Waals surface area contributed by atoms with Crippen molar-refractivity contribution in [2.45, 2.75) is 45.2 Å². The Kier molecular flexibility index (Phi) is 4.00. The van der Waals surface area contributed by atoms with E-state index in [1.165, 1.54) is 9.08 Å².